The number of carbonyl (C=O) groups excluding carboxylic acids is 1. The molecule has 0 bridgehead atoms. The molecule has 2 N–H and O–H groups in total. The van der Waals surface area contributed by atoms with Gasteiger partial charge in [-0.1, -0.05) is 24.3 Å². The number of rotatable bonds is 9. The number of piperidine rings is 1. The standard InChI is InChI=1S/C29H31N3O3/c1-31-29(33)24-8-12-27(13-9-24)35-20-25-19-32-16-14-28(25)23-6-10-26(11-7-23)34-17-15-21-2-4-22(18-30)5-3-21/h2-13,25,28,32H,14-17,19-20H2,1H3,(H,31,33)/t25-,28-/m0/s1. The molecule has 1 saturated heterocycles. The first-order valence-electron chi connectivity index (χ1n) is 12.0. The monoisotopic (exact) mass is 469 g/mol. The number of nitrogens with one attached hydrogen (secondary N) is 2. The Morgan fingerprint density at radius 1 is 1.00 bits per heavy atom. The number of carbonyl (C=O) groups is 1. The molecule has 6 nitrogen and oxygen atoms in total. The van der Waals surface area contributed by atoms with Gasteiger partial charge >= 0.3 is 0 Å². The predicted molar refractivity (Wildman–Crippen MR) is 136 cm³/mol. The lowest BCUT2D eigenvalue weighted by atomic mass is 9.81. The van der Waals surface area contributed by atoms with Crippen LogP contribution in [0, 0.1) is 17.2 Å². The molecule has 1 heterocycles. The summed E-state index contributed by atoms with van der Waals surface area (Å²) in [7, 11) is 1.62. The fraction of sp³-hybridized carbons (Fsp3) is 0.310. The highest BCUT2D eigenvalue weighted by molar-refractivity contribution is 5.94. The van der Waals surface area contributed by atoms with E-state index in [4.69, 9.17) is 14.7 Å². The summed E-state index contributed by atoms with van der Waals surface area (Å²) in [5, 5.41) is 15.0. The molecule has 3 aromatic carbocycles. The van der Waals surface area contributed by atoms with Crippen molar-refractivity contribution in [2.75, 3.05) is 33.4 Å². The Morgan fingerprint density at radius 3 is 2.37 bits per heavy atom. The molecule has 0 unspecified atom stereocenters. The van der Waals surface area contributed by atoms with Gasteiger partial charge in [0.25, 0.3) is 5.91 Å². The Labute approximate surface area is 206 Å². The smallest absolute Gasteiger partial charge is 0.251 e. The molecular formula is C29H31N3O3. The van der Waals surface area contributed by atoms with Gasteiger partial charge in [-0.05, 0) is 78.5 Å². The van der Waals surface area contributed by atoms with Gasteiger partial charge in [0.2, 0.25) is 0 Å². The molecular weight excluding hydrogens is 438 g/mol. The number of hydrogen-bond acceptors (Lipinski definition) is 5. The van der Waals surface area contributed by atoms with Gasteiger partial charge in [-0.2, -0.15) is 5.26 Å². The molecule has 35 heavy (non-hydrogen) atoms. The third-order valence-corrected chi connectivity index (χ3v) is 6.47. The van der Waals surface area contributed by atoms with Crippen LogP contribution in [-0.4, -0.2) is 39.3 Å². The lowest BCUT2D eigenvalue weighted by Gasteiger charge is -2.32. The van der Waals surface area contributed by atoms with Crippen LogP contribution in [0.5, 0.6) is 11.5 Å². The third kappa shape index (κ3) is 6.62. The molecule has 3 aromatic rings. The molecule has 0 aliphatic carbocycles. The molecule has 0 aromatic heterocycles. The molecule has 0 spiro atoms. The van der Waals surface area contributed by atoms with Crippen molar-refractivity contribution in [3.8, 4) is 17.6 Å². The zero-order valence-electron chi connectivity index (χ0n) is 20.0. The Bertz CT molecular complexity index is 1140. The van der Waals surface area contributed by atoms with Crippen molar-refractivity contribution < 1.29 is 14.3 Å². The second-order valence-electron chi connectivity index (χ2n) is 8.75. The summed E-state index contributed by atoms with van der Waals surface area (Å²) in [5.74, 6) is 2.29. The SMILES string of the molecule is CNC(=O)c1ccc(OC[C@@H]2CNCC[C@H]2c2ccc(OCCc3ccc(C#N)cc3)cc2)cc1. The van der Waals surface area contributed by atoms with Crippen molar-refractivity contribution >= 4 is 5.91 Å². The zero-order chi connectivity index (χ0) is 24.5. The molecule has 1 aliphatic heterocycles. The number of amides is 1. The van der Waals surface area contributed by atoms with Crippen LogP contribution in [0.2, 0.25) is 0 Å². The molecule has 1 aliphatic rings. The maximum absolute atomic E-state index is 11.7. The van der Waals surface area contributed by atoms with Crippen molar-refractivity contribution in [2.45, 2.75) is 18.8 Å². The minimum absolute atomic E-state index is 0.102. The van der Waals surface area contributed by atoms with Gasteiger partial charge in [0.1, 0.15) is 11.5 Å². The molecule has 6 heteroatoms. The lowest BCUT2D eigenvalue weighted by Crippen LogP contribution is -2.38. The van der Waals surface area contributed by atoms with Gasteiger partial charge in [0.05, 0.1) is 24.8 Å². The molecule has 2 atom stereocenters. The molecule has 0 saturated carbocycles. The van der Waals surface area contributed by atoms with E-state index in [-0.39, 0.29) is 5.91 Å². The van der Waals surface area contributed by atoms with Crippen LogP contribution in [0.4, 0.5) is 0 Å². The summed E-state index contributed by atoms with van der Waals surface area (Å²) in [6, 6.07) is 25.4. The van der Waals surface area contributed by atoms with E-state index in [9.17, 15) is 4.79 Å². The van der Waals surface area contributed by atoms with E-state index in [1.165, 1.54) is 5.56 Å². The van der Waals surface area contributed by atoms with Crippen LogP contribution in [-0.2, 0) is 6.42 Å². The number of nitrogens with zero attached hydrogens (tertiary/aromatic N) is 1. The Hall–Kier alpha value is -3.82. The van der Waals surface area contributed by atoms with Crippen LogP contribution in [0.15, 0.2) is 72.8 Å². The number of nitriles is 1. The van der Waals surface area contributed by atoms with Gasteiger partial charge < -0.3 is 20.1 Å². The summed E-state index contributed by atoms with van der Waals surface area (Å²) in [6.45, 7) is 3.10. The van der Waals surface area contributed by atoms with E-state index in [0.717, 1.165) is 43.0 Å². The average Bonchev–Trinajstić information content (AvgIpc) is 2.93. The lowest BCUT2D eigenvalue weighted by molar-refractivity contribution is 0.0963. The van der Waals surface area contributed by atoms with Crippen molar-refractivity contribution in [1.29, 1.82) is 5.26 Å². The first-order chi connectivity index (χ1) is 17.2. The summed E-state index contributed by atoms with van der Waals surface area (Å²) < 4.78 is 12.0. The van der Waals surface area contributed by atoms with Gasteiger partial charge in [-0.15, -0.1) is 0 Å². The Morgan fingerprint density at radius 2 is 1.69 bits per heavy atom. The molecule has 1 fully saturated rings. The molecule has 4 rings (SSSR count). The highest BCUT2D eigenvalue weighted by atomic mass is 16.5. The minimum Gasteiger partial charge on any atom is -0.493 e. The molecule has 0 radical (unpaired) electrons. The number of hydrogen-bond donors (Lipinski definition) is 2. The van der Waals surface area contributed by atoms with Crippen molar-refractivity contribution in [3.05, 3.63) is 95.1 Å². The third-order valence-electron chi connectivity index (χ3n) is 6.47. The number of benzene rings is 3. The van der Waals surface area contributed by atoms with Crippen molar-refractivity contribution in [1.82, 2.24) is 10.6 Å². The van der Waals surface area contributed by atoms with E-state index >= 15 is 0 Å². The van der Waals surface area contributed by atoms with Crippen LogP contribution in [0.1, 0.15) is 39.4 Å². The zero-order valence-corrected chi connectivity index (χ0v) is 20.0. The summed E-state index contributed by atoms with van der Waals surface area (Å²) in [5.41, 5.74) is 3.75. The van der Waals surface area contributed by atoms with Crippen LogP contribution >= 0.6 is 0 Å². The van der Waals surface area contributed by atoms with E-state index < -0.39 is 0 Å². The summed E-state index contributed by atoms with van der Waals surface area (Å²) in [6.07, 6.45) is 1.85. The average molecular weight is 470 g/mol. The number of ether oxygens (including phenoxy) is 2. The van der Waals surface area contributed by atoms with Crippen LogP contribution in [0.25, 0.3) is 0 Å². The van der Waals surface area contributed by atoms with E-state index in [1.807, 2.05) is 48.5 Å². The van der Waals surface area contributed by atoms with Gasteiger partial charge in [-0.25, -0.2) is 0 Å². The van der Waals surface area contributed by atoms with Gasteiger partial charge in [0.15, 0.2) is 0 Å². The normalized spacial score (nSPS) is 17.3. The molecule has 1 amide bonds. The maximum Gasteiger partial charge on any atom is 0.251 e. The van der Waals surface area contributed by atoms with E-state index in [0.29, 0.717) is 36.2 Å². The Kier molecular flexibility index (Phi) is 8.37. The largest absolute Gasteiger partial charge is 0.493 e. The fourth-order valence-corrected chi connectivity index (χ4v) is 4.43. The van der Waals surface area contributed by atoms with Gasteiger partial charge in [-0.3, -0.25) is 4.79 Å². The van der Waals surface area contributed by atoms with Crippen molar-refractivity contribution in [2.24, 2.45) is 5.92 Å². The maximum atomic E-state index is 11.7. The second-order valence-corrected chi connectivity index (χ2v) is 8.75. The van der Waals surface area contributed by atoms with E-state index in [1.54, 1.807) is 19.2 Å². The fourth-order valence-electron chi connectivity index (χ4n) is 4.43. The summed E-state index contributed by atoms with van der Waals surface area (Å²) >= 11 is 0. The van der Waals surface area contributed by atoms with Crippen LogP contribution < -0.4 is 20.1 Å². The van der Waals surface area contributed by atoms with Crippen LogP contribution in [0.3, 0.4) is 0 Å². The van der Waals surface area contributed by atoms with Crippen molar-refractivity contribution in [3.63, 3.8) is 0 Å². The predicted octanol–water partition coefficient (Wildman–Crippen LogP) is 4.31. The van der Waals surface area contributed by atoms with Gasteiger partial charge in [0, 0.05) is 31.5 Å². The summed E-state index contributed by atoms with van der Waals surface area (Å²) in [4.78, 5) is 11.7. The first kappa shape index (κ1) is 24.3. The highest BCUT2D eigenvalue weighted by Crippen LogP contribution is 2.32. The minimum atomic E-state index is -0.102. The first-order valence-corrected chi connectivity index (χ1v) is 12.0. The topological polar surface area (TPSA) is 83.4 Å². The second kappa shape index (κ2) is 12.0. The highest BCUT2D eigenvalue weighted by Gasteiger charge is 2.27. The molecule has 180 valence electrons. The van der Waals surface area contributed by atoms with E-state index in [2.05, 4.69) is 28.8 Å². The Balaban J connectivity index is 1.30. The quantitative estimate of drug-likeness (QED) is 0.488.